The highest BCUT2D eigenvalue weighted by molar-refractivity contribution is 5.36. The average molecular weight is 151 g/mol. The van der Waals surface area contributed by atoms with Crippen molar-refractivity contribution in [3.05, 3.63) is 17.8 Å². The van der Waals surface area contributed by atoms with Gasteiger partial charge in [-0.3, -0.25) is 0 Å². The van der Waals surface area contributed by atoms with Crippen molar-refractivity contribution < 1.29 is 0 Å². The molecule has 1 aromatic rings. The van der Waals surface area contributed by atoms with Crippen LogP contribution >= 0.6 is 0 Å². The first kappa shape index (κ1) is 6.73. The lowest BCUT2D eigenvalue weighted by Gasteiger charge is -2.23. The van der Waals surface area contributed by atoms with Crippen molar-refractivity contribution in [2.45, 2.75) is 19.5 Å². The molecule has 0 aromatic carbocycles. The van der Waals surface area contributed by atoms with Crippen molar-refractivity contribution in [2.24, 2.45) is 0 Å². The monoisotopic (exact) mass is 151 g/mol. The molecule has 0 bridgehead atoms. The van der Waals surface area contributed by atoms with Crippen LogP contribution in [-0.4, -0.2) is 11.1 Å². The normalized spacial score (nSPS) is 23.2. The van der Waals surface area contributed by atoms with Crippen molar-refractivity contribution in [1.29, 1.82) is 0 Å². The van der Waals surface area contributed by atoms with E-state index in [-0.39, 0.29) is 0 Å². The quantitative estimate of drug-likeness (QED) is 0.574. The second kappa shape index (κ2) is 2.27. The topological polar surface area (TPSA) is 43.0 Å². The van der Waals surface area contributed by atoms with Crippen LogP contribution in [0.25, 0.3) is 0 Å². The van der Waals surface area contributed by atoms with Gasteiger partial charge >= 0.3 is 0 Å². The molecular weight excluding hydrogens is 138 g/mol. The number of hydrogen-bond donors (Lipinski definition) is 2. The Morgan fingerprint density at radius 3 is 3.18 bits per heavy atom. The molecule has 1 aliphatic rings. The van der Waals surface area contributed by atoms with E-state index in [0.717, 1.165) is 18.9 Å². The van der Waals surface area contributed by atoms with Gasteiger partial charge in [0.15, 0.2) is 0 Å². The number of nitrogen functional groups attached to an aromatic ring is 1. The molecule has 0 radical (unpaired) electrons. The Hall–Kier alpha value is -0.960. The van der Waals surface area contributed by atoms with Gasteiger partial charge in [0, 0.05) is 24.8 Å². The third-order valence-corrected chi connectivity index (χ3v) is 2.28. The van der Waals surface area contributed by atoms with Crippen LogP contribution in [0, 0.1) is 0 Å². The summed E-state index contributed by atoms with van der Waals surface area (Å²) in [7, 11) is 0. The van der Waals surface area contributed by atoms with Gasteiger partial charge in [0.05, 0.1) is 0 Å². The van der Waals surface area contributed by atoms with Crippen LogP contribution in [0.2, 0.25) is 0 Å². The summed E-state index contributed by atoms with van der Waals surface area (Å²) in [4.78, 5) is 0. The lowest BCUT2D eigenvalue weighted by Crippen LogP contribution is -2.31. The van der Waals surface area contributed by atoms with Gasteiger partial charge in [-0.1, -0.05) is 0 Å². The molecule has 3 N–H and O–H groups in total. The number of rotatable bonds is 0. The Labute approximate surface area is 66.2 Å². The number of hydrogen-bond acceptors (Lipinski definition) is 2. The Kier molecular flexibility index (Phi) is 1.39. The Morgan fingerprint density at radius 1 is 1.64 bits per heavy atom. The minimum absolute atomic E-state index is 0.445. The summed E-state index contributed by atoms with van der Waals surface area (Å²) in [5.74, 6) is 0.883. The number of nitrogens with one attached hydrogen (secondary N) is 1. The van der Waals surface area contributed by atoms with Crippen LogP contribution in [0.3, 0.4) is 0 Å². The van der Waals surface area contributed by atoms with Crippen molar-refractivity contribution in [1.82, 2.24) is 9.88 Å². The van der Waals surface area contributed by atoms with Crippen LogP contribution in [0.5, 0.6) is 0 Å². The van der Waals surface area contributed by atoms with Crippen LogP contribution in [0.4, 0.5) is 5.82 Å². The minimum Gasteiger partial charge on any atom is -0.385 e. The largest absolute Gasteiger partial charge is 0.385 e. The average Bonchev–Trinajstić information content (AvgIpc) is 2.35. The second-order valence-electron chi connectivity index (χ2n) is 3.01. The molecule has 1 unspecified atom stereocenters. The van der Waals surface area contributed by atoms with E-state index in [9.17, 15) is 0 Å². The fourth-order valence-electron chi connectivity index (χ4n) is 1.63. The van der Waals surface area contributed by atoms with Crippen LogP contribution in [0.1, 0.15) is 18.7 Å². The number of anilines is 1. The first-order valence-corrected chi connectivity index (χ1v) is 3.97. The van der Waals surface area contributed by atoms with Crippen molar-refractivity contribution >= 4 is 5.82 Å². The van der Waals surface area contributed by atoms with Crippen molar-refractivity contribution in [3.63, 3.8) is 0 Å². The highest BCUT2D eigenvalue weighted by Crippen LogP contribution is 2.20. The summed E-state index contributed by atoms with van der Waals surface area (Å²) in [6.07, 6.45) is 0. The zero-order valence-corrected chi connectivity index (χ0v) is 6.67. The van der Waals surface area contributed by atoms with E-state index in [1.165, 1.54) is 5.69 Å². The molecule has 1 aromatic heterocycles. The minimum atomic E-state index is 0.445. The van der Waals surface area contributed by atoms with Gasteiger partial charge in [-0.25, -0.2) is 0 Å². The molecule has 2 rings (SSSR count). The van der Waals surface area contributed by atoms with Crippen LogP contribution in [-0.2, 0) is 6.54 Å². The molecule has 1 aliphatic heterocycles. The molecular formula is C8H13N3. The van der Waals surface area contributed by atoms with E-state index in [0.29, 0.717) is 6.04 Å². The van der Waals surface area contributed by atoms with E-state index in [4.69, 9.17) is 5.73 Å². The van der Waals surface area contributed by atoms with Gasteiger partial charge in [-0.15, -0.1) is 0 Å². The zero-order chi connectivity index (χ0) is 7.84. The predicted octanol–water partition coefficient (Wildman–Crippen LogP) is 0.734. The van der Waals surface area contributed by atoms with Crippen molar-refractivity contribution in [2.75, 3.05) is 12.3 Å². The van der Waals surface area contributed by atoms with E-state index < -0.39 is 0 Å². The first-order chi connectivity index (χ1) is 5.29. The number of fused-ring (bicyclic) bond motifs is 1. The van der Waals surface area contributed by atoms with Crippen molar-refractivity contribution in [3.8, 4) is 0 Å². The molecule has 0 saturated carbocycles. The van der Waals surface area contributed by atoms with Gasteiger partial charge in [0.25, 0.3) is 0 Å². The van der Waals surface area contributed by atoms with Gasteiger partial charge in [-0.05, 0) is 19.1 Å². The van der Waals surface area contributed by atoms with E-state index in [1.807, 2.05) is 6.07 Å². The maximum absolute atomic E-state index is 5.76. The molecule has 0 spiro atoms. The molecule has 0 amide bonds. The van der Waals surface area contributed by atoms with E-state index in [1.54, 1.807) is 0 Å². The standard InChI is InChI=1S/C8H13N3/c1-6-7-2-3-8(9)11(7)5-4-10-6/h2-3,6,10H,4-5,9H2,1H3. The summed E-state index contributed by atoms with van der Waals surface area (Å²) >= 11 is 0. The lowest BCUT2D eigenvalue weighted by atomic mass is 10.2. The third kappa shape index (κ3) is 0.922. The molecule has 3 nitrogen and oxygen atoms in total. The summed E-state index contributed by atoms with van der Waals surface area (Å²) < 4.78 is 2.17. The van der Waals surface area contributed by atoms with Crippen LogP contribution < -0.4 is 11.1 Å². The SMILES string of the molecule is CC1NCCn2c(N)ccc21. The molecule has 0 saturated heterocycles. The smallest absolute Gasteiger partial charge is 0.103 e. The van der Waals surface area contributed by atoms with E-state index in [2.05, 4.69) is 22.9 Å². The Bertz CT molecular complexity index is 264. The molecule has 0 aliphatic carbocycles. The Morgan fingerprint density at radius 2 is 2.45 bits per heavy atom. The number of aromatic nitrogens is 1. The van der Waals surface area contributed by atoms with Crippen LogP contribution in [0.15, 0.2) is 12.1 Å². The molecule has 3 heteroatoms. The lowest BCUT2D eigenvalue weighted by molar-refractivity contribution is 0.452. The van der Waals surface area contributed by atoms with Gasteiger partial charge < -0.3 is 15.6 Å². The second-order valence-corrected chi connectivity index (χ2v) is 3.01. The predicted molar refractivity (Wildman–Crippen MR) is 45.3 cm³/mol. The van der Waals surface area contributed by atoms with Gasteiger partial charge in [0.2, 0.25) is 0 Å². The number of nitrogens with two attached hydrogens (primary N) is 1. The molecule has 0 fully saturated rings. The summed E-state index contributed by atoms with van der Waals surface area (Å²) in [5, 5.41) is 3.38. The maximum Gasteiger partial charge on any atom is 0.103 e. The first-order valence-electron chi connectivity index (χ1n) is 3.97. The fourth-order valence-corrected chi connectivity index (χ4v) is 1.63. The van der Waals surface area contributed by atoms with E-state index >= 15 is 0 Å². The highest BCUT2D eigenvalue weighted by atomic mass is 15.1. The third-order valence-electron chi connectivity index (χ3n) is 2.28. The highest BCUT2D eigenvalue weighted by Gasteiger charge is 2.15. The fraction of sp³-hybridized carbons (Fsp3) is 0.500. The maximum atomic E-state index is 5.76. The molecule has 11 heavy (non-hydrogen) atoms. The molecule has 60 valence electrons. The van der Waals surface area contributed by atoms with Gasteiger partial charge in [-0.2, -0.15) is 0 Å². The zero-order valence-electron chi connectivity index (χ0n) is 6.67. The molecule has 2 heterocycles. The summed E-state index contributed by atoms with van der Waals surface area (Å²) in [6.45, 7) is 4.18. The number of nitrogens with zero attached hydrogens (tertiary/aromatic N) is 1. The summed E-state index contributed by atoms with van der Waals surface area (Å²) in [6, 6.07) is 4.51. The van der Waals surface area contributed by atoms with Gasteiger partial charge in [0.1, 0.15) is 5.82 Å². The summed E-state index contributed by atoms with van der Waals surface area (Å²) in [5.41, 5.74) is 7.06. The molecule has 1 atom stereocenters. The Balaban J connectivity index is 2.46.